The average Bonchev–Trinajstić information content (AvgIpc) is 2.57. The summed E-state index contributed by atoms with van der Waals surface area (Å²) in [5, 5.41) is 2.62. The third kappa shape index (κ3) is 2.95. The summed E-state index contributed by atoms with van der Waals surface area (Å²) in [5.74, 6) is 0. The Morgan fingerprint density at radius 1 is 0.909 bits per heavy atom. The molecule has 0 spiro atoms. The number of fused-ring (bicyclic) bond motifs is 1. The van der Waals surface area contributed by atoms with Gasteiger partial charge in [-0.1, -0.05) is 78.9 Å². The Kier molecular flexibility index (Phi) is 4.36. The summed E-state index contributed by atoms with van der Waals surface area (Å²) in [4.78, 5) is 2.34. The molecule has 0 aliphatic heterocycles. The maximum Gasteiger partial charge on any atom is 0.0529 e. The lowest BCUT2D eigenvalue weighted by molar-refractivity contribution is 0.279. The molecule has 1 unspecified atom stereocenters. The van der Waals surface area contributed by atoms with Crippen LogP contribution < -0.4 is 0 Å². The first-order valence-electron chi connectivity index (χ1n) is 7.64. The fourth-order valence-corrected chi connectivity index (χ4v) is 3.02. The van der Waals surface area contributed by atoms with Crippen molar-refractivity contribution >= 4 is 10.8 Å². The van der Waals surface area contributed by atoms with Gasteiger partial charge >= 0.3 is 0 Å². The van der Waals surface area contributed by atoms with Crippen molar-refractivity contribution in [1.82, 2.24) is 4.90 Å². The van der Waals surface area contributed by atoms with Crippen LogP contribution in [0.5, 0.6) is 0 Å². The van der Waals surface area contributed by atoms with Crippen molar-refractivity contribution in [2.24, 2.45) is 0 Å². The second-order valence-corrected chi connectivity index (χ2v) is 5.64. The maximum atomic E-state index is 4.02. The molecule has 0 saturated heterocycles. The average molecular weight is 287 g/mol. The standard InChI is InChI=1S/C21H21N/c1-3-21(18-11-5-4-6-12-18)22(2)16-19-14-9-13-17-10-7-8-15-20(17)19/h3-15,21H,1,16H2,2H3. The van der Waals surface area contributed by atoms with Gasteiger partial charge < -0.3 is 0 Å². The minimum Gasteiger partial charge on any atom is -0.292 e. The molecule has 22 heavy (non-hydrogen) atoms. The van der Waals surface area contributed by atoms with Crippen molar-refractivity contribution in [1.29, 1.82) is 0 Å². The van der Waals surface area contributed by atoms with E-state index in [0.29, 0.717) is 0 Å². The second kappa shape index (κ2) is 6.59. The van der Waals surface area contributed by atoms with Gasteiger partial charge in [-0.15, -0.1) is 6.58 Å². The number of nitrogens with zero attached hydrogens (tertiary/aromatic N) is 1. The van der Waals surface area contributed by atoms with Gasteiger partial charge in [-0.3, -0.25) is 4.90 Å². The van der Waals surface area contributed by atoms with Crippen molar-refractivity contribution in [2.45, 2.75) is 12.6 Å². The lowest BCUT2D eigenvalue weighted by atomic mass is 10.0. The zero-order valence-electron chi connectivity index (χ0n) is 12.9. The van der Waals surface area contributed by atoms with Crippen LogP contribution in [0.25, 0.3) is 10.8 Å². The molecule has 3 aromatic carbocycles. The van der Waals surface area contributed by atoms with Crippen molar-refractivity contribution in [3.63, 3.8) is 0 Å². The van der Waals surface area contributed by atoms with Crippen LogP contribution in [0.1, 0.15) is 17.2 Å². The largest absolute Gasteiger partial charge is 0.292 e. The third-order valence-electron chi connectivity index (χ3n) is 4.14. The molecule has 3 aromatic rings. The van der Waals surface area contributed by atoms with E-state index < -0.39 is 0 Å². The molecule has 0 saturated carbocycles. The lowest BCUT2D eigenvalue weighted by Gasteiger charge is -2.26. The monoisotopic (exact) mass is 287 g/mol. The highest BCUT2D eigenvalue weighted by atomic mass is 15.1. The molecule has 0 bridgehead atoms. The van der Waals surface area contributed by atoms with E-state index in [4.69, 9.17) is 0 Å². The molecule has 3 rings (SSSR count). The predicted molar refractivity (Wildman–Crippen MR) is 94.8 cm³/mol. The van der Waals surface area contributed by atoms with Crippen molar-refractivity contribution in [3.05, 3.63) is 96.6 Å². The molecule has 0 radical (unpaired) electrons. The summed E-state index contributed by atoms with van der Waals surface area (Å²) in [7, 11) is 2.15. The maximum absolute atomic E-state index is 4.02. The number of likely N-dealkylation sites (N-methyl/N-ethyl adjacent to an activating group) is 1. The minimum atomic E-state index is 0.222. The van der Waals surface area contributed by atoms with E-state index in [1.54, 1.807) is 0 Å². The summed E-state index contributed by atoms with van der Waals surface area (Å²) in [6, 6.07) is 25.8. The Balaban J connectivity index is 1.89. The van der Waals surface area contributed by atoms with E-state index in [1.807, 2.05) is 12.1 Å². The summed E-state index contributed by atoms with van der Waals surface area (Å²) in [5.41, 5.74) is 2.63. The van der Waals surface area contributed by atoms with Crippen LogP contribution >= 0.6 is 0 Å². The first-order chi connectivity index (χ1) is 10.8. The lowest BCUT2D eigenvalue weighted by Crippen LogP contribution is -2.22. The molecular weight excluding hydrogens is 266 g/mol. The van der Waals surface area contributed by atoms with Crippen LogP contribution in [-0.2, 0) is 6.54 Å². The van der Waals surface area contributed by atoms with Crippen LogP contribution in [0, 0.1) is 0 Å². The predicted octanol–water partition coefficient (Wildman–Crippen LogP) is 5.20. The van der Waals surface area contributed by atoms with Gasteiger partial charge in [-0.05, 0) is 28.9 Å². The van der Waals surface area contributed by atoms with Crippen molar-refractivity contribution < 1.29 is 0 Å². The van der Waals surface area contributed by atoms with Crippen LogP contribution in [0.3, 0.4) is 0 Å². The molecule has 0 heterocycles. The number of hydrogen-bond donors (Lipinski definition) is 0. The van der Waals surface area contributed by atoms with E-state index in [0.717, 1.165) is 6.54 Å². The van der Waals surface area contributed by atoms with E-state index in [1.165, 1.54) is 21.9 Å². The molecule has 0 aliphatic carbocycles. The van der Waals surface area contributed by atoms with Crippen molar-refractivity contribution in [3.8, 4) is 0 Å². The second-order valence-electron chi connectivity index (χ2n) is 5.64. The van der Waals surface area contributed by atoms with Gasteiger partial charge in [0.2, 0.25) is 0 Å². The van der Waals surface area contributed by atoms with Crippen molar-refractivity contribution in [2.75, 3.05) is 7.05 Å². The van der Waals surface area contributed by atoms with Gasteiger partial charge in [0.1, 0.15) is 0 Å². The first kappa shape index (κ1) is 14.6. The summed E-state index contributed by atoms with van der Waals surface area (Å²) >= 11 is 0. The Morgan fingerprint density at radius 2 is 1.59 bits per heavy atom. The molecule has 0 aliphatic rings. The van der Waals surface area contributed by atoms with Crippen LogP contribution in [0.4, 0.5) is 0 Å². The fourth-order valence-electron chi connectivity index (χ4n) is 3.02. The topological polar surface area (TPSA) is 3.24 Å². The molecule has 1 nitrogen and oxygen atoms in total. The third-order valence-corrected chi connectivity index (χ3v) is 4.14. The van der Waals surface area contributed by atoms with E-state index in [9.17, 15) is 0 Å². The van der Waals surface area contributed by atoms with Crippen LogP contribution in [0.2, 0.25) is 0 Å². The SMILES string of the molecule is C=CC(c1ccccc1)N(C)Cc1cccc2ccccc12. The molecule has 1 heteroatoms. The minimum absolute atomic E-state index is 0.222. The summed E-state index contributed by atoms with van der Waals surface area (Å²) in [6.07, 6.45) is 2.01. The highest BCUT2D eigenvalue weighted by Gasteiger charge is 2.14. The van der Waals surface area contributed by atoms with Gasteiger partial charge in [0.05, 0.1) is 6.04 Å². The van der Waals surface area contributed by atoms with E-state index in [-0.39, 0.29) is 6.04 Å². The fraction of sp³-hybridized carbons (Fsp3) is 0.143. The van der Waals surface area contributed by atoms with E-state index in [2.05, 4.69) is 85.3 Å². The smallest absolute Gasteiger partial charge is 0.0529 e. The van der Waals surface area contributed by atoms with Gasteiger partial charge in [-0.2, -0.15) is 0 Å². The molecule has 0 aromatic heterocycles. The Bertz CT molecular complexity index is 756. The molecule has 0 N–H and O–H groups in total. The number of rotatable bonds is 5. The zero-order chi connectivity index (χ0) is 15.4. The molecule has 0 amide bonds. The highest BCUT2D eigenvalue weighted by Crippen LogP contribution is 2.25. The normalized spacial score (nSPS) is 12.5. The quantitative estimate of drug-likeness (QED) is 0.583. The van der Waals surface area contributed by atoms with Crippen LogP contribution in [0.15, 0.2) is 85.5 Å². The molecule has 0 fully saturated rings. The van der Waals surface area contributed by atoms with Crippen LogP contribution in [-0.4, -0.2) is 11.9 Å². The van der Waals surface area contributed by atoms with Gasteiger partial charge in [-0.25, -0.2) is 0 Å². The molecular formula is C21H21N. The Labute approximate surface area is 132 Å². The van der Waals surface area contributed by atoms with Gasteiger partial charge in [0, 0.05) is 6.54 Å². The number of hydrogen-bond acceptors (Lipinski definition) is 1. The Hall–Kier alpha value is -2.38. The zero-order valence-corrected chi connectivity index (χ0v) is 12.9. The molecule has 1 atom stereocenters. The number of benzene rings is 3. The Morgan fingerprint density at radius 3 is 2.36 bits per heavy atom. The van der Waals surface area contributed by atoms with Gasteiger partial charge in [0.25, 0.3) is 0 Å². The summed E-state index contributed by atoms with van der Waals surface area (Å²) in [6.45, 7) is 4.92. The summed E-state index contributed by atoms with van der Waals surface area (Å²) < 4.78 is 0. The highest BCUT2D eigenvalue weighted by molar-refractivity contribution is 5.85. The van der Waals surface area contributed by atoms with Gasteiger partial charge in [0.15, 0.2) is 0 Å². The van der Waals surface area contributed by atoms with E-state index >= 15 is 0 Å². The first-order valence-corrected chi connectivity index (χ1v) is 7.64. The molecule has 110 valence electrons.